The molecule has 0 amide bonds. The summed E-state index contributed by atoms with van der Waals surface area (Å²) in [5, 5.41) is 3.70. The summed E-state index contributed by atoms with van der Waals surface area (Å²) in [6.45, 7) is 0. The first-order valence-corrected chi connectivity index (χ1v) is 10.8. The molecule has 1 heterocycles. The summed E-state index contributed by atoms with van der Waals surface area (Å²) < 4.78 is 21.4. The summed E-state index contributed by atoms with van der Waals surface area (Å²) in [5.74, 6) is 0.219. The molecule has 1 aromatic carbocycles. The van der Waals surface area contributed by atoms with E-state index < -0.39 is 9.73 Å². The number of carbonyl (C=O) groups excluding carboxylic acids is 1. The molecule has 0 radical (unpaired) electrons. The van der Waals surface area contributed by atoms with E-state index in [2.05, 4.69) is 40.3 Å². The standard InChI is InChI=1S/C15H17BrN4O3S2/c1-17-25(3,22)11-6-4-10(5-7-11)19-15-18-8-12(16)14(20-15)24-9-13(21)23-2/h4-8H,9H2,1-3H3,(H,18,19,20). The zero-order valence-corrected chi connectivity index (χ0v) is 17.1. The van der Waals surface area contributed by atoms with Crippen LogP contribution in [0.5, 0.6) is 0 Å². The molecule has 10 heteroatoms. The van der Waals surface area contributed by atoms with E-state index in [1.807, 2.05) is 0 Å². The van der Waals surface area contributed by atoms with Crippen LogP contribution in [-0.2, 0) is 19.3 Å². The van der Waals surface area contributed by atoms with Crippen LogP contribution in [0.25, 0.3) is 0 Å². The van der Waals surface area contributed by atoms with Gasteiger partial charge in [-0.1, -0.05) is 11.8 Å². The Labute approximate surface area is 159 Å². The summed E-state index contributed by atoms with van der Waals surface area (Å²) in [7, 11) is 0.526. The third-order valence-electron chi connectivity index (χ3n) is 3.16. The molecule has 0 spiro atoms. The molecule has 1 N–H and O–H groups in total. The van der Waals surface area contributed by atoms with Gasteiger partial charge in [-0.3, -0.25) is 4.79 Å². The highest BCUT2D eigenvalue weighted by Crippen LogP contribution is 2.27. The van der Waals surface area contributed by atoms with Gasteiger partial charge in [-0.05, 0) is 40.2 Å². The lowest BCUT2D eigenvalue weighted by molar-refractivity contribution is -0.137. The lowest BCUT2D eigenvalue weighted by atomic mass is 10.3. The normalized spacial score (nSPS) is 13.0. The number of esters is 1. The highest BCUT2D eigenvalue weighted by atomic mass is 79.9. The second-order valence-electron chi connectivity index (χ2n) is 4.85. The minimum atomic E-state index is -2.36. The van der Waals surface area contributed by atoms with Crippen LogP contribution in [0.15, 0.2) is 49.2 Å². The third kappa shape index (κ3) is 5.41. The molecule has 1 atom stereocenters. The zero-order chi connectivity index (χ0) is 18.4. The number of ether oxygens (including phenoxy) is 1. The molecule has 0 fully saturated rings. The molecule has 0 aliphatic heterocycles. The van der Waals surface area contributed by atoms with Gasteiger partial charge in [0.05, 0.1) is 27.1 Å². The van der Waals surface area contributed by atoms with E-state index in [1.165, 1.54) is 25.9 Å². The number of methoxy groups -OCH3 is 1. The van der Waals surface area contributed by atoms with Crippen LogP contribution in [0.4, 0.5) is 11.6 Å². The Hall–Kier alpha value is -1.65. The number of nitrogens with one attached hydrogen (secondary N) is 1. The van der Waals surface area contributed by atoms with Crippen molar-refractivity contribution < 1.29 is 13.7 Å². The maximum atomic E-state index is 12.2. The quantitative estimate of drug-likeness (QED) is 0.414. The number of carbonyl (C=O) groups is 1. The van der Waals surface area contributed by atoms with E-state index in [9.17, 15) is 9.00 Å². The first-order valence-electron chi connectivity index (χ1n) is 7.05. The smallest absolute Gasteiger partial charge is 0.316 e. The molecule has 1 unspecified atom stereocenters. The number of hydrogen-bond acceptors (Lipinski definition) is 8. The predicted octanol–water partition coefficient (Wildman–Crippen LogP) is 3.33. The molecular formula is C15H17BrN4O3S2. The summed E-state index contributed by atoms with van der Waals surface area (Å²) in [6, 6.07) is 7.08. The van der Waals surface area contributed by atoms with E-state index in [1.54, 1.807) is 36.7 Å². The lowest BCUT2D eigenvalue weighted by Gasteiger charge is -2.09. The maximum Gasteiger partial charge on any atom is 0.316 e. The number of aromatic nitrogens is 2. The van der Waals surface area contributed by atoms with Gasteiger partial charge in [-0.15, -0.1) is 0 Å². The fraction of sp³-hybridized carbons (Fsp3) is 0.267. The summed E-state index contributed by atoms with van der Waals surface area (Å²) in [6.07, 6.45) is 3.20. The van der Waals surface area contributed by atoms with Crippen molar-refractivity contribution in [2.75, 3.05) is 31.5 Å². The number of thioether (sulfide) groups is 1. The molecule has 0 saturated carbocycles. The molecule has 2 aromatic rings. The maximum absolute atomic E-state index is 12.2. The minimum Gasteiger partial charge on any atom is -0.468 e. The topological polar surface area (TPSA) is 93.5 Å². The van der Waals surface area contributed by atoms with Crippen LogP contribution in [0, 0.1) is 0 Å². The van der Waals surface area contributed by atoms with Crippen molar-refractivity contribution in [3.8, 4) is 0 Å². The Kier molecular flexibility index (Phi) is 6.79. The number of hydrogen-bond donors (Lipinski definition) is 1. The molecule has 0 aliphatic rings. The average Bonchev–Trinajstić information content (AvgIpc) is 2.62. The molecule has 1 aromatic heterocycles. The van der Waals surface area contributed by atoms with Gasteiger partial charge in [0.25, 0.3) is 0 Å². The minimum absolute atomic E-state index is 0.158. The molecule has 2 rings (SSSR count). The van der Waals surface area contributed by atoms with Gasteiger partial charge < -0.3 is 10.1 Å². The van der Waals surface area contributed by atoms with Crippen molar-refractivity contribution in [1.29, 1.82) is 0 Å². The number of nitrogens with zero attached hydrogens (tertiary/aromatic N) is 3. The highest BCUT2D eigenvalue weighted by molar-refractivity contribution is 9.10. The second kappa shape index (κ2) is 8.63. The van der Waals surface area contributed by atoms with Crippen molar-refractivity contribution in [2.24, 2.45) is 4.36 Å². The van der Waals surface area contributed by atoms with Crippen molar-refractivity contribution >= 4 is 55.0 Å². The summed E-state index contributed by atoms with van der Waals surface area (Å²) >= 11 is 4.61. The molecule has 25 heavy (non-hydrogen) atoms. The predicted molar refractivity (Wildman–Crippen MR) is 103 cm³/mol. The van der Waals surface area contributed by atoms with Crippen LogP contribution in [-0.4, -0.2) is 46.3 Å². The van der Waals surface area contributed by atoms with Crippen LogP contribution in [0.1, 0.15) is 0 Å². The third-order valence-corrected chi connectivity index (χ3v) is 6.81. The number of anilines is 2. The van der Waals surface area contributed by atoms with Gasteiger partial charge >= 0.3 is 5.97 Å². The van der Waals surface area contributed by atoms with Gasteiger partial charge in [0.15, 0.2) is 0 Å². The Balaban J connectivity index is 2.15. The highest BCUT2D eigenvalue weighted by Gasteiger charge is 2.10. The lowest BCUT2D eigenvalue weighted by Crippen LogP contribution is -2.04. The number of halogens is 1. The van der Waals surface area contributed by atoms with Crippen LogP contribution >= 0.6 is 27.7 Å². The first kappa shape index (κ1) is 19.7. The Morgan fingerprint density at radius 3 is 2.68 bits per heavy atom. The molecule has 0 bridgehead atoms. The number of rotatable bonds is 6. The Bertz CT molecular complexity index is 881. The van der Waals surface area contributed by atoms with E-state index in [-0.39, 0.29) is 11.7 Å². The zero-order valence-electron chi connectivity index (χ0n) is 13.9. The van der Waals surface area contributed by atoms with Crippen molar-refractivity contribution in [1.82, 2.24) is 9.97 Å². The van der Waals surface area contributed by atoms with Crippen molar-refractivity contribution in [3.05, 3.63) is 34.9 Å². The fourth-order valence-corrected chi connectivity index (χ4v) is 3.82. The van der Waals surface area contributed by atoms with Gasteiger partial charge in [0, 0.05) is 30.1 Å². The van der Waals surface area contributed by atoms with Crippen LogP contribution in [0.2, 0.25) is 0 Å². The fourth-order valence-electron chi connectivity index (χ4n) is 1.72. The van der Waals surface area contributed by atoms with E-state index in [0.29, 0.717) is 20.3 Å². The molecule has 134 valence electrons. The van der Waals surface area contributed by atoms with Crippen molar-refractivity contribution in [3.63, 3.8) is 0 Å². The number of benzene rings is 1. The van der Waals surface area contributed by atoms with Gasteiger partial charge in [0.1, 0.15) is 5.03 Å². The van der Waals surface area contributed by atoms with Crippen molar-refractivity contribution in [2.45, 2.75) is 9.92 Å². The monoisotopic (exact) mass is 444 g/mol. The average molecular weight is 445 g/mol. The van der Waals surface area contributed by atoms with E-state index >= 15 is 0 Å². The SMILES string of the molecule is CN=S(C)(=O)c1ccc(Nc2ncc(Br)c(SCC(=O)OC)n2)cc1. The second-order valence-corrected chi connectivity index (χ2v) is 9.11. The van der Waals surface area contributed by atoms with E-state index in [4.69, 9.17) is 0 Å². The van der Waals surface area contributed by atoms with Gasteiger partial charge in [0.2, 0.25) is 5.95 Å². The molecule has 7 nitrogen and oxygen atoms in total. The Morgan fingerprint density at radius 1 is 1.40 bits per heavy atom. The first-order chi connectivity index (χ1) is 11.9. The molecule has 0 aliphatic carbocycles. The Morgan fingerprint density at radius 2 is 2.08 bits per heavy atom. The molecular weight excluding hydrogens is 428 g/mol. The van der Waals surface area contributed by atoms with Crippen LogP contribution in [0.3, 0.4) is 0 Å². The summed E-state index contributed by atoms with van der Waals surface area (Å²) in [5.41, 5.74) is 0.751. The molecule has 0 saturated heterocycles. The van der Waals surface area contributed by atoms with E-state index in [0.717, 1.165) is 5.69 Å². The summed E-state index contributed by atoms with van der Waals surface area (Å²) in [4.78, 5) is 20.5. The van der Waals surface area contributed by atoms with Gasteiger partial charge in [-0.2, -0.15) is 0 Å². The van der Waals surface area contributed by atoms with Crippen LogP contribution < -0.4 is 5.32 Å². The largest absolute Gasteiger partial charge is 0.468 e. The van der Waals surface area contributed by atoms with Gasteiger partial charge in [-0.25, -0.2) is 18.5 Å².